The number of esters is 1. The van der Waals surface area contributed by atoms with Crippen LogP contribution in [0.2, 0.25) is 0 Å². The van der Waals surface area contributed by atoms with Crippen molar-refractivity contribution in [2.45, 2.75) is 25.9 Å². The van der Waals surface area contributed by atoms with E-state index in [4.69, 9.17) is 9.15 Å². The van der Waals surface area contributed by atoms with Gasteiger partial charge in [-0.3, -0.25) is 4.79 Å². The number of ether oxygens (including phenoxy) is 1. The van der Waals surface area contributed by atoms with Gasteiger partial charge >= 0.3 is 5.97 Å². The van der Waals surface area contributed by atoms with E-state index in [9.17, 15) is 9.59 Å². The second-order valence-electron chi connectivity index (χ2n) is 6.43. The summed E-state index contributed by atoms with van der Waals surface area (Å²) in [5, 5.41) is 0.532. The molecule has 0 bridgehead atoms. The molecule has 24 heavy (non-hydrogen) atoms. The Labute approximate surface area is 138 Å². The van der Waals surface area contributed by atoms with E-state index in [0.29, 0.717) is 28.7 Å². The SMILES string of the molecule is Cc1ccc2oc([C@@]3(C)Cc4ccccc4C(=O)O3)cc(=O)c2c1. The Morgan fingerprint density at radius 2 is 1.83 bits per heavy atom. The number of rotatable bonds is 1. The first-order chi connectivity index (χ1) is 11.5. The first kappa shape index (κ1) is 14.7. The Morgan fingerprint density at radius 3 is 2.67 bits per heavy atom. The largest absolute Gasteiger partial charge is 0.457 e. The first-order valence-corrected chi connectivity index (χ1v) is 7.82. The lowest BCUT2D eigenvalue weighted by atomic mass is 9.88. The van der Waals surface area contributed by atoms with E-state index >= 15 is 0 Å². The Kier molecular flexibility index (Phi) is 3.10. The molecule has 0 radical (unpaired) electrons. The van der Waals surface area contributed by atoms with E-state index in [1.165, 1.54) is 6.07 Å². The average molecular weight is 320 g/mol. The first-order valence-electron chi connectivity index (χ1n) is 7.82. The van der Waals surface area contributed by atoms with Crippen LogP contribution in [0.25, 0.3) is 11.0 Å². The Morgan fingerprint density at radius 1 is 1.04 bits per heavy atom. The predicted octanol–water partition coefficient (Wildman–Crippen LogP) is 3.73. The zero-order valence-electron chi connectivity index (χ0n) is 13.5. The Bertz CT molecular complexity index is 1030. The van der Waals surface area contributed by atoms with Crippen LogP contribution in [-0.2, 0) is 16.8 Å². The molecule has 0 saturated carbocycles. The molecule has 2 aromatic carbocycles. The molecule has 1 aliphatic heterocycles. The normalized spacial score (nSPS) is 19.8. The maximum atomic E-state index is 12.5. The van der Waals surface area contributed by atoms with Gasteiger partial charge in [0.15, 0.2) is 16.8 Å². The summed E-state index contributed by atoms with van der Waals surface area (Å²) in [5.74, 6) is -0.0299. The lowest BCUT2D eigenvalue weighted by Crippen LogP contribution is -2.37. The van der Waals surface area contributed by atoms with Crippen LogP contribution in [0.4, 0.5) is 0 Å². The van der Waals surface area contributed by atoms with Gasteiger partial charge in [-0.2, -0.15) is 0 Å². The van der Waals surface area contributed by atoms with E-state index in [2.05, 4.69) is 0 Å². The summed E-state index contributed by atoms with van der Waals surface area (Å²) >= 11 is 0. The molecule has 0 amide bonds. The van der Waals surface area contributed by atoms with Crippen LogP contribution >= 0.6 is 0 Å². The molecule has 120 valence electrons. The van der Waals surface area contributed by atoms with Crippen LogP contribution in [0.3, 0.4) is 0 Å². The number of aryl methyl sites for hydroxylation is 1. The zero-order chi connectivity index (χ0) is 16.9. The number of carbonyl (C=O) groups is 1. The highest BCUT2D eigenvalue weighted by Crippen LogP contribution is 2.36. The van der Waals surface area contributed by atoms with E-state index in [-0.39, 0.29) is 5.43 Å². The van der Waals surface area contributed by atoms with Gasteiger partial charge in [-0.1, -0.05) is 29.8 Å². The lowest BCUT2D eigenvalue weighted by Gasteiger charge is -2.33. The second kappa shape index (κ2) is 5.06. The molecule has 4 heteroatoms. The van der Waals surface area contributed by atoms with Gasteiger partial charge in [-0.25, -0.2) is 4.79 Å². The monoisotopic (exact) mass is 320 g/mol. The van der Waals surface area contributed by atoms with Crippen molar-refractivity contribution in [1.29, 1.82) is 0 Å². The second-order valence-corrected chi connectivity index (χ2v) is 6.43. The van der Waals surface area contributed by atoms with Crippen molar-refractivity contribution in [2.24, 2.45) is 0 Å². The average Bonchev–Trinajstić information content (AvgIpc) is 2.55. The summed E-state index contributed by atoms with van der Waals surface area (Å²) in [5.41, 5.74) is 1.82. The fourth-order valence-electron chi connectivity index (χ4n) is 3.20. The number of hydrogen-bond donors (Lipinski definition) is 0. The number of hydrogen-bond acceptors (Lipinski definition) is 4. The van der Waals surface area contributed by atoms with Crippen molar-refractivity contribution in [1.82, 2.24) is 0 Å². The smallest absolute Gasteiger partial charge is 0.339 e. The number of cyclic esters (lactones) is 1. The molecule has 1 atom stereocenters. The standard InChI is InChI=1S/C20H16O4/c1-12-7-8-17-15(9-12)16(21)10-18(23-17)20(2)11-13-5-3-4-6-14(13)19(22)24-20/h3-10H,11H2,1-2H3/t20-/m1/s1. The molecule has 3 aromatic rings. The minimum atomic E-state index is -0.996. The molecule has 0 saturated heterocycles. The van der Waals surface area contributed by atoms with Crippen molar-refractivity contribution in [3.05, 3.63) is 81.2 Å². The Balaban J connectivity index is 1.87. The Hall–Kier alpha value is -2.88. The molecule has 0 N–H and O–H groups in total. The van der Waals surface area contributed by atoms with Crippen molar-refractivity contribution in [2.75, 3.05) is 0 Å². The predicted molar refractivity (Wildman–Crippen MR) is 90.1 cm³/mol. The van der Waals surface area contributed by atoms with Crippen LogP contribution in [0.1, 0.15) is 34.2 Å². The van der Waals surface area contributed by atoms with E-state index < -0.39 is 11.6 Å². The molecule has 1 aromatic heterocycles. The summed E-state index contributed by atoms with van der Waals surface area (Å²) in [4.78, 5) is 24.8. The topological polar surface area (TPSA) is 56.5 Å². The fourth-order valence-corrected chi connectivity index (χ4v) is 3.20. The molecular weight excluding hydrogens is 304 g/mol. The molecule has 4 nitrogen and oxygen atoms in total. The van der Waals surface area contributed by atoms with Crippen molar-refractivity contribution in [3.8, 4) is 0 Å². The summed E-state index contributed by atoms with van der Waals surface area (Å²) in [7, 11) is 0. The van der Waals surface area contributed by atoms with Crippen LogP contribution in [0, 0.1) is 6.92 Å². The van der Waals surface area contributed by atoms with E-state index in [0.717, 1.165) is 11.1 Å². The van der Waals surface area contributed by atoms with Gasteiger partial charge in [0.1, 0.15) is 5.58 Å². The quantitative estimate of drug-likeness (QED) is 0.641. The van der Waals surface area contributed by atoms with Crippen LogP contribution < -0.4 is 5.43 Å². The van der Waals surface area contributed by atoms with E-state index in [1.807, 2.05) is 25.1 Å². The number of benzene rings is 2. The summed E-state index contributed by atoms with van der Waals surface area (Å²) in [6.07, 6.45) is 0.467. The highest BCUT2D eigenvalue weighted by Gasteiger charge is 2.40. The minimum absolute atomic E-state index is 0.133. The third kappa shape index (κ3) is 2.22. The van der Waals surface area contributed by atoms with Gasteiger partial charge in [0.25, 0.3) is 0 Å². The molecular formula is C20H16O4. The van der Waals surface area contributed by atoms with Crippen LogP contribution in [0.5, 0.6) is 0 Å². The molecule has 0 fully saturated rings. The van der Waals surface area contributed by atoms with Gasteiger partial charge in [0.05, 0.1) is 10.9 Å². The molecule has 4 rings (SSSR count). The van der Waals surface area contributed by atoms with Crippen LogP contribution in [0.15, 0.2) is 57.7 Å². The van der Waals surface area contributed by atoms with Crippen molar-refractivity contribution in [3.63, 3.8) is 0 Å². The molecule has 0 unspecified atom stereocenters. The highest BCUT2D eigenvalue weighted by atomic mass is 16.6. The molecule has 0 spiro atoms. The van der Waals surface area contributed by atoms with Gasteiger partial charge < -0.3 is 9.15 Å². The summed E-state index contributed by atoms with van der Waals surface area (Å²) in [6, 6.07) is 14.2. The third-order valence-corrected chi connectivity index (χ3v) is 4.49. The summed E-state index contributed by atoms with van der Waals surface area (Å²) in [6.45, 7) is 3.70. The molecule has 2 heterocycles. The summed E-state index contributed by atoms with van der Waals surface area (Å²) < 4.78 is 11.6. The minimum Gasteiger partial charge on any atom is -0.457 e. The van der Waals surface area contributed by atoms with Crippen molar-refractivity contribution < 1.29 is 13.9 Å². The van der Waals surface area contributed by atoms with Gasteiger partial charge in [-0.15, -0.1) is 0 Å². The highest BCUT2D eigenvalue weighted by molar-refractivity contribution is 5.92. The third-order valence-electron chi connectivity index (χ3n) is 4.49. The molecule has 1 aliphatic rings. The fraction of sp³-hybridized carbons (Fsp3) is 0.200. The van der Waals surface area contributed by atoms with Crippen LogP contribution in [-0.4, -0.2) is 5.97 Å². The maximum Gasteiger partial charge on any atom is 0.339 e. The van der Waals surface area contributed by atoms with Gasteiger partial charge in [0, 0.05) is 12.5 Å². The van der Waals surface area contributed by atoms with E-state index in [1.54, 1.807) is 31.2 Å². The van der Waals surface area contributed by atoms with Gasteiger partial charge in [-0.05, 0) is 37.6 Å². The van der Waals surface area contributed by atoms with Crippen molar-refractivity contribution >= 4 is 16.9 Å². The van der Waals surface area contributed by atoms with Gasteiger partial charge in [0.2, 0.25) is 0 Å². The molecule has 0 aliphatic carbocycles. The number of fused-ring (bicyclic) bond motifs is 2. The number of carbonyl (C=O) groups excluding carboxylic acids is 1. The zero-order valence-corrected chi connectivity index (χ0v) is 13.5. The maximum absolute atomic E-state index is 12.5. The lowest BCUT2D eigenvalue weighted by molar-refractivity contribution is -0.0284.